The zero-order valence-electron chi connectivity index (χ0n) is 11.4. The molecule has 2 aromatic rings. The van der Waals surface area contributed by atoms with Gasteiger partial charge in [0.05, 0.1) is 9.90 Å². The molecule has 1 amide bonds. The number of nitrogens with zero attached hydrogens (tertiary/aromatic N) is 1. The number of nitrogens with one attached hydrogen (secondary N) is 2. The van der Waals surface area contributed by atoms with Crippen molar-refractivity contribution < 1.29 is 13.2 Å². The number of hydrogen-bond donors (Lipinski definition) is 2. The average Bonchev–Trinajstić information content (AvgIpc) is 2.91. The van der Waals surface area contributed by atoms with Gasteiger partial charge in [-0.3, -0.25) is 4.79 Å². The van der Waals surface area contributed by atoms with E-state index in [1.165, 1.54) is 30.4 Å². The van der Waals surface area contributed by atoms with Gasteiger partial charge in [-0.2, -0.15) is 0 Å². The van der Waals surface area contributed by atoms with Gasteiger partial charge in [-0.25, -0.2) is 18.1 Å². The van der Waals surface area contributed by atoms with Gasteiger partial charge in [-0.15, -0.1) is 11.3 Å². The molecule has 112 valence electrons. The fourth-order valence-electron chi connectivity index (χ4n) is 1.67. The second kappa shape index (κ2) is 6.79. The first-order valence-corrected chi connectivity index (χ1v) is 8.59. The molecule has 0 aliphatic heterocycles. The summed E-state index contributed by atoms with van der Waals surface area (Å²) in [5.41, 5.74) is 0.559. The van der Waals surface area contributed by atoms with Crippen molar-refractivity contribution in [2.75, 3.05) is 11.9 Å². The van der Waals surface area contributed by atoms with Gasteiger partial charge >= 0.3 is 0 Å². The molecule has 0 bridgehead atoms. The Hall–Kier alpha value is -1.77. The highest BCUT2D eigenvalue weighted by molar-refractivity contribution is 7.89. The lowest BCUT2D eigenvalue weighted by Crippen LogP contribution is -2.26. The lowest BCUT2D eigenvalue weighted by Gasteiger charge is -2.07. The molecule has 0 atom stereocenters. The minimum absolute atomic E-state index is 0.163. The Morgan fingerprint density at radius 3 is 2.57 bits per heavy atom. The van der Waals surface area contributed by atoms with Crippen molar-refractivity contribution in [2.45, 2.75) is 18.2 Å². The van der Waals surface area contributed by atoms with Crippen LogP contribution in [0.3, 0.4) is 0 Å². The largest absolute Gasteiger partial charge is 0.326 e. The predicted octanol–water partition coefficient (Wildman–Crippen LogP) is 1.62. The van der Waals surface area contributed by atoms with Crippen LogP contribution in [0.5, 0.6) is 0 Å². The Morgan fingerprint density at radius 1 is 1.29 bits per heavy atom. The van der Waals surface area contributed by atoms with Gasteiger partial charge in [0.15, 0.2) is 0 Å². The Kier molecular flexibility index (Phi) is 5.05. The maximum atomic E-state index is 12.1. The summed E-state index contributed by atoms with van der Waals surface area (Å²) in [6.07, 6.45) is 2.25. The number of anilines is 1. The molecule has 0 saturated carbocycles. The molecule has 0 aliphatic carbocycles. The number of carbonyl (C=O) groups is 1. The van der Waals surface area contributed by atoms with Crippen molar-refractivity contribution in [3.8, 4) is 0 Å². The van der Waals surface area contributed by atoms with Crippen LogP contribution >= 0.6 is 11.3 Å². The van der Waals surface area contributed by atoms with Gasteiger partial charge in [-0.1, -0.05) is 0 Å². The number of rotatable bonds is 6. The summed E-state index contributed by atoms with van der Waals surface area (Å²) >= 11 is 1.49. The third-order valence-corrected chi connectivity index (χ3v) is 4.92. The highest BCUT2D eigenvalue weighted by Gasteiger charge is 2.13. The first-order valence-electron chi connectivity index (χ1n) is 6.23. The Bertz CT molecular complexity index is 695. The molecule has 8 heteroatoms. The Labute approximate surface area is 127 Å². The third-order valence-electron chi connectivity index (χ3n) is 2.60. The second-order valence-corrected chi connectivity index (χ2v) is 7.03. The molecular formula is C13H15N3O3S2. The number of thiazole rings is 1. The second-order valence-electron chi connectivity index (χ2n) is 4.28. The minimum atomic E-state index is -3.54. The van der Waals surface area contributed by atoms with Crippen LogP contribution in [0.15, 0.2) is 40.7 Å². The van der Waals surface area contributed by atoms with Gasteiger partial charge in [0.25, 0.3) is 0 Å². The molecule has 0 radical (unpaired) electrons. The van der Waals surface area contributed by atoms with E-state index in [0.29, 0.717) is 18.7 Å². The van der Waals surface area contributed by atoms with Crippen molar-refractivity contribution in [2.24, 2.45) is 0 Å². The minimum Gasteiger partial charge on any atom is -0.326 e. The van der Waals surface area contributed by atoms with E-state index in [1.54, 1.807) is 18.3 Å². The lowest BCUT2D eigenvalue weighted by atomic mass is 10.3. The molecule has 21 heavy (non-hydrogen) atoms. The average molecular weight is 325 g/mol. The van der Waals surface area contributed by atoms with Crippen LogP contribution < -0.4 is 10.0 Å². The Balaban J connectivity index is 1.96. The number of benzene rings is 1. The molecule has 0 spiro atoms. The highest BCUT2D eigenvalue weighted by atomic mass is 32.2. The normalized spacial score (nSPS) is 11.3. The van der Waals surface area contributed by atoms with E-state index in [0.717, 1.165) is 5.01 Å². The summed E-state index contributed by atoms with van der Waals surface area (Å²) in [4.78, 5) is 15.2. The SMILES string of the molecule is CC(=O)Nc1ccc(S(=O)(=O)NCCc2nccs2)cc1. The van der Waals surface area contributed by atoms with Crippen LogP contribution in [0.25, 0.3) is 0 Å². The van der Waals surface area contributed by atoms with Crippen molar-refractivity contribution in [1.29, 1.82) is 0 Å². The van der Waals surface area contributed by atoms with Crippen LogP contribution in [-0.4, -0.2) is 25.9 Å². The van der Waals surface area contributed by atoms with Crippen LogP contribution in [0.1, 0.15) is 11.9 Å². The van der Waals surface area contributed by atoms with Crippen molar-refractivity contribution >= 4 is 33.0 Å². The van der Waals surface area contributed by atoms with E-state index < -0.39 is 10.0 Å². The fraction of sp³-hybridized carbons (Fsp3) is 0.231. The molecule has 1 aromatic heterocycles. The quantitative estimate of drug-likeness (QED) is 0.845. The van der Waals surface area contributed by atoms with Crippen LogP contribution in [0.2, 0.25) is 0 Å². The summed E-state index contributed by atoms with van der Waals surface area (Å²) in [5, 5.41) is 5.32. The van der Waals surface area contributed by atoms with E-state index in [9.17, 15) is 13.2 Å². The van der Waals surface area contributed by atoms with Crippen LogP contribution in [0.4, 0.5) is 5.69 Å². The maximum absolute atomic E-state index is 12.1. The van der Waals surface area contributed by atoms with E-state index in [1.807, 2.05) is 5.38 Å². The van der Waals surface area contributed by atoms with Gasteiger partial charge in [-0.05, 0) is 24.3 Å². The molecule has 0 aliphatic rings. The van der Waals surface area contributed by atoms with Gasteiger partial charge < -0.3 is 5.32 Å². The van der Waals surface area contributed by atoms with E-state index in [-0.39, 0.29) is 10.8 Å². The number of amides is 1. The molecule has 0 saturated heterocycles. The Morgan fingerprint density at radius 2 is 2.00 bits per heavy atom. The van der Waals surface area contributed by atoms with E-state index in [4.69, 9.17) is 0 Å². The van der Waals surface area contributed by atoms with Crippen molar-refractivity contribution in [1.82, 2.24) is 9.71 Å². The van der Waals surface area contributed by atoms with Gasteiger partial charge in [0.1, 0.15) is 0 Å². The number of aromatic nitrogens is 1. The monoisotopic (exact) mass is 325 g/mol. The smallest absolute Gasteiger partial charge is 0.240 e. The topological polar surface area (TPSA) is 88.2 Å². The van der Waals surface area contributed by atoms with Crippen molar-refractivity contribution in [3.05, 3.63) is 40.8 Å². The molecule has 0 fully saturated rings. The maximum Gasteiger partial charge on any atom is 0.240 e. The summed E-state index contributed by atoms with van der Waals surface area (Å²) in [5.74, 6) is -0.202. The van der Waals surface area contributed by atoms with Crippen molar-refractivity contribution in [3.63, 3.8) is 0 Å². The first kappa shape index (κ1) is 15.6. The number of hydrogen-bond acceptors (Lipinski definition) is 5. The van der Waals surface area contributed by atoms with Gasteiger partial charge in [0, 0.05) is 37.2 Å². The van der Waals surface area contributed by atoms with E-state index in [2.05, 4.69) is 15.0 Å². The predicted molar refractivity (Wildman–Crippen MR) is 81.8 cm³/mol. The lowest BCUT2D eigenvalue weighted by molar-refractivity contribution is -0.114. The molecule has 1 heterocycles. The zero-order chi connectivity index (χ0) is 15.3. The van der Waals surface area contributed by atoms with Gasteiger partial charge in [0.2, 0.25) is 15.9 Å². The summed E-state index contributed by atoms with van der Waals surface area (Å²) in [6.45, 7) is 1.69. The van der Waals surface area contributed by atoms with E-state index >= 15 is 0 Å². The van der Waals surface area contributed by atoms with Crippen LogP contribution in [-0.2, 0) is 21.2 Å². The highest BCUT2D eigenvalue weighted by Crippen LogP contribution is 2.14. The number of carbonyl (C=O) groups excluding carboxylic acids is 1. The summed E-state index contributed by atoms with van der Waals surface area (Å²) in [7, 11) is -3.54. The first-order chi connectivity index (χ1) is 9.97. The number of sulfonamides is 1. The molecular weight excluding hydrogens is 310 g/mol. The van der Waals surface area contributed by atoms with Crippen LogP contribution in [0, 0.1) is 0 Å². The third kappa shape index (κ3) is 4.62. The standard InChI is InChI=1S/C13H15N3O3S2/c1-10(17)16-11-2-4-12(5-3-11)21(18,19)15-7-6-13-14-8-9-20-13/h2-5,8-9,15H,6-7H2,1H3,(H,16,17). The molecule has 2 N–H and O–H groups in total. The fourth-order valence-corrected chi connectivity index (χ4v) is 3.33. The molecule has 2 rings (SSSR count). The molecule has 6 nitrogen and oxygen atoms in total. The summed E-state index contributed by atoms with van der Waals surface area (Å²) in [6, 6.07) is 6.02. The molecule has 0 unspecified atom stereocenters. The summed E-state index contributed by atoms with van der Waals surface area (Å²) < 4.78 is 26.7. The molecule has 1 aromatic carbocycles. The zero-order valence-corrected chi connectivity index (χ0v) is 13.0.